The zero-order valence-electron chi connectivity index (χ0n) is 6.61. The molecule has 0 amide bonds. The Morgan fingerprint density at radius 3 is 2.83 bits per heavy atom. The third kappa shape index (κ3) is 1.16. The van der Waals surface area contributed by atoms with Gasteiger partial charge in [-0.1, -0.05) is 18.2 Å². The Balaban J connectivity index is 2.62. The molecular formula is C9H8O2S. The van der Waals surface area contributed by atoms with Crippen molar-refractivity contribution in [2.45, 2.75) is 5.09 Å². The highest BCUT2D eigenvalue weighted by Gasteiger charge is 2.06. The Bertz CT molecular complexity index is 392. The second-order valence-corrected chi connectivity index (χ2v) is 3.90. The molecule has 1 heterocycles. The average molecular weight is 180 g/mol. The predicted molar refractivity (Wildman–Crippen MR) is 47.7 cm³/mol. The fourth-order valence-electron chi connectivity index (χ4n) is 1.12. The Morgan fingerprint density at radius 1 is 1.33 bits per heavy atom. The largest absolute Gasteiger partial charge is 0.455 e. The lowest BCUT2D eigenvalue weighted by molar-refractivity contribution is 0.449. The molecule has 0 N–H and O–H groups in total. The molecule has 0 aromatic heterocycles. The number of rotatable bonds is 1. The van der Waals surface area contributed by atoms with Crippen LogP contribution in [0.1, 0.15) is 0 Å². The summed E-state index contributed by atoms with van der Waals surface area (Å²) in [4.78, 5) is 0. The molecule has 1 aliphatic heterocycles. The van der Waals surface area contributed by atoms with Crippen LogP contribution in [0.4, 0.5) is 0 Å². The van der Waals surface area contributed by atoms with Gasteiger partial charge in [0, 0.05) is 11.8 Å². The minimum atomic E-state index is -1.04. The van der Waals surface area contributed by atoms with Crippen molar-refractivity contribution in [3.05, 3.63) is 30.5 Å². The van der Waals surface area contributed by atoms with Gasteiger partial charge < -0.3 is 4.42 Å². The van der Waals surface area contributed by atoms with Gasteiger partial charge in [0.1, 0.15) is 0 Å². The Kier molecular flexibility index (Phi) is 1.73. The van der Waals surface area contributed by atoms with E-state index in [9.17, 15) is 4.21 Å². The molecule has 2 nitrogen and oxygen atoms in total. The van der Waals surface area contributed by atoms with E-state index in [-0.39, 0.29) is 0 Å². The van der Waals surface area contributed by atoms with Crippen LogP contribution in [-0.4, -0.2) is 10.5 Å². The third-order valence-electron chi connectivity index (χ3n) is 1.74. The highest BCUT2D eigenvalue weighted by atomic mass is 32.2. The smallest absolute Gasteiger partial charge is 0.190 e. The van der Waals surface area contributed by atoms with Crippen LogP contribution in [0.2, 0.25) is 0 Å². The first-order valence-corrected chi connectivity index (χ1v) is 5.14. The fraction of sp³-hybridized carbons (Fsp3) is 0.111. The molecule has 1 atom stereocenters. The van der Waals surface area contributed by atoms with Crippen molar-refractivity contribution in [3.8, 4) is 11.1 Å². The normalized spacial score (nSPS) is 13.4. The maximum Gasteiger partial charge on any atom is 0.190 e. The topological polar surface area (TPSA) is 30.2 Å². The fourth-order valence-corrected chi connectivity index (χ4v) is 1.60. The van der Waals surface area contributed by atoms with E-state index in [0.29, 0.717) is 5.09 Å². The van der Waals surface area contributed by atoms with E-state index >= 15 is 0 Å². The van der Waals surface area contributed by atoms with Crippen molar-refractivity contribution in [2.75, 3.05) is 6.26 Å². The summed E-state index contributed by atoms with van der Waals surface area (Å²) in [5.74, 6) is 0. The Morgan fingerprint density at radius 2 is 2.08 bits per heavy atom. The second kappa shape index (κ2) is 2.75. The number of hydrogen-bond acceptors (Lipinski definition) is 2. The monoisotopic (exact) mass is 180 g/mol. The lowest BCUT2D eigenvalue weighted by atomic mass is 10.2. The molecule has 62 valence electrons. The van der Waals surface area contributed by atoms with E-state index in [1.54, 1.807) is 12.5 Å². The van der Waals surface area contributed by atoms with Crippen LogP contribution in [0, 0.1) is 0 Å². The molecule has 12 heavy (non-hydrogen) atoms. The highest BCUT2D eigenvalue weighted by molar-refractivity contribution is 7.84. The van der Waals surface area contributed by atoms with E-state index in [0.717, 1.165) is 11.1 Å². The van der Waals surface area contributed by atoms with Gasteiger partial charge in [0.15, 0.2) is 5.09 Å². The molecule has 0 radical (unpaired) electrons. The molecule has 0 saturated carbocycles. The minimum absolute atomic E-state index is 0.522. The molecule has 0 saturated heterocycles. The molecule has 0 aromatic carbocycles. The number of fused-ring (bicyclic) bond motifs is 1. The summed E-state index contributed by atoms with van der Waals surface area (Å²) in [5.41, 5.74) is 2.12. The van der Waals surface area contributed by atoms with E-state index < -0.39 is 10.8 Å². The minimum Gasteiger partial charge on any atom is -0.455 e. The van der Waals surface area contributed by atoms with Gasteiger partial charge in [-0.3, -0.25) is 4.21 Å². The molecule has 2 rings (SSSR count). The maximum absolute atomic E-state index is 11.0. The van der Waals surface area contributed by atoms with Gasteiger partial charge in [-0.05, 0) is 11.6 Å². The Hall–Kier alpha value is -1.09. The third-order valence-corrected chi connectivity index (χ3v) is 2.52. The van der Waals surface area contributed by atoms with Crippen molar-refractivity contribution >= 4 is 10.8 Å². The second-order valence-electron chi connectivity index (χ2n) is 2.59. The molecule has 1 aliphatic carbocycles. The summed E-state index contributed by atoms with van der Waals surface area (Å²) < 4.78 is 16.2. The van der Waals surface area contributed by atoms with Gasteiger partial charge in [-0.25, -0.2) is 0 Å². The summed E-state index contributed by atoms with van der Waals surface area (Å²) in [6, 6.07) is 7.69. The van der Waals surface area contributed by atoms with Crippen molar-refractivity contribution in [3.63, 3.8) is 0 Å². The zero-order valence-corrected chi connectivity index (χ0v) is 7.43. The molecule has 0 fully saturated rings. The van der Waals surface area contributed by atoms with Gasteiger partial charge >= 0.3 is 0 Å². The molecule has 0 aromatic rings. The SMILES string of the molecule is CS(=O)c1cc2cccc-2co1. The van der Waals surface area contributed by atoms with E-state index in [2.05, 4.69) is 0 Å². The van der Waals surface area contributed by atoms with Crippen LogP contribution in [0.3, 0.4) is 0 Å². The van der Waals surface area contributed by atoms with Crippen LogP contribution in [-0.2, 0) is 10.8 Å². The first-order valence-electron chi connectivity index (χ1n) is 3.58. The highest BCUT2D eigenvalue weighted by Crippen LogP contribution is 2.24. The van der Waals surface area contributed by atoms with Gasteiger partial charge in [-0.2, -0.15) is 0 Å². The molecule has 1 unspecified atom stereocenters. The lowest BCUT2D eigenvalue weighted by Crippen LogP contribution is -1.87. The molecule has 3 heteroatoms. The van der Waals surface area contributed by atoms with Crippen LogP contribution in [0.15, 0.2) is 40.0 Å². The van der Waals surface area contributed by atoms with Crippen molar-refractivity contribution in [1.29, 1.82) is 0 Å². The van der Waals surface area contributed by atoms with Gasteiger partial charge in [0.2, 0.25) is 0 Å². The molecular weight excluding hydrogens is 172 g/mol. The summed E-state index contributed by atoms with van der Waals surface area (Å²) in [6.45, 7) is 0. The van der Waals surface area contributed by atoms with Crippen molar-refractivity contribution in [2.24, 2.45) is 0 Å². The molecule has 0 bridgehead atoms. The van der Waals surface area contributed by atoms with Crippen LogP contribution >= 0.6 is 0 Å². The summed E-state index contributed by atoms with van der Waals surface area (Å²) in [6.07, 6.45) is 3.24. The summed E-state index contributed by atoms with van der Waals surface area (Å²) >= 11 is 0. The summed E-state index contributed by atoms with van der Waals surface area (Å²) in [7, 11) is -1.04. The maximum atomic E-state index is 11.0. The van der Waals surface area contributed by atoms with E-state index in [4.69, 9.17) is 4.42 Å². The quantitative estimate of drug-likeness (QED) is 0.673. The van der Waals surface area contributed by atoms with Crippen LogP contribution in [0.25, 0.3) is 11.1 Å². The zero-order chi connectivity index (χ0) is 8.55. The van der Waals surface area contributed by atoms with Gasteiger partial charge in [0.05, 0.1) is 17.1 Å². The van der Waals surface area contributed by atoms with Crippen LogP contribution < -0.4 is 0 Å². The van der Waals surface area contributed by atoms with Gasteiger partial charge in [0.25, 0.3) is 0 Å². The standard InChI is InChI=1S/C9H8O2S/c1-12(10)9-5-7-3-2-4-8(7)6-11-9/h2-6H,1H3. The van der Waals surface area contributed by atoms with Crippen molar-refractivity contribution < 1.29 is 8.63 Å². The molecule has 2 aliphatic rings. The van der Waals surface area contributed by atoms with E-state index in [1.807, 2.05) is 24.3 Å². The lowest BCUT2D eigenvalue weighted by Gasteiger charge is -1.99. The number of hydrogen-bond donors (Lipinski definition) is 0. The predicted octanol–water partition coefficient (Wildman–Crippen LogP) is 2.12. The average Bonchev–Trinajstić information content (AvgIpc) is 2.49. The van der Waals surface area contributed by atoms with E-state index in [1.165, 1.54) is 0 Å². The summed E-state index contributed by atoms with van der Waals surface area (Å²) in [5, 5.41) is 0.522. The van der Waals surface area contributed by atoms with Crippen molar-refractivity contribution in [1.82, 2.24) is 0 Å². The Labute approximate surface area is 73.0 Å². The first kappa shape index (κ1) is 7.55. The molecule has 0 spiro atoms. The first-order chi connectivity index (χ1) is 5.77. The van der Waals surface area contributed by atoms with Crippen LogP contribution in [0.5, 0.6) is 0 Å². The van der Waals surface area contributed by atoms with Gasteiger partial charge in [-0.15, -0.1) is 0 Å².